The quantitative estimate of drug-likeness (QED) is 0.881. The summed E-state index contributed by atoms with van der Waals surface area (Å²) in [4.78, 5) is 12.2. The van der Waals surface area contributed by atoms with E-state index in [0.29, 0.717) is 24.9 Å². The third-order valence-electron chi connectivity index (χ3n) is 3.95. The van der Waals surface area contributed by atoms with E-state index in [1.807, 2.05) is 25.1 Å². The number of fused-ring (bicyclic) bond motifs is 1. The minimum absolute atomic E-state index is 0.0206. The normalized spacial score (nSPS) is 19.6. The predicted molar refractivity (Wildman–Crippen MR) is 76.2 cm³/mol. The summed E-state index contributed by atoms with van der Waals surface area (Å²) in [6.07, 6.45) is 0.877. The van der Waals surface area contributed by atoms with E-state index >= 15 is 0 Å². The summed E-state index contributed by atoms with van der Waals surface area (Å²) in [7, 11) is 0. The fourth-order valence-corrected chi connectivity index (χ4v) is 2.38. The van der Waals surface area contributed by atoms with Crippen LogP contribution >= 0.6 is 0 Å². The largest absolute Gasteiger partial charge is 0.490 e. The van der Waals surface area contributed by atoms with Crippen LogP contribution in [0, 0.1) is 11.8 Å². The molecule has 1 amide bonds. The number of anilines is 1. The van der Waals surface area contributed by atoms with Crippen molar-refractivity contribution in [2.24, 2.45) is 11.8 Å². The smallest absolute Gasteiger partial charge is 0.227 e. The molecule has 5 nitrogen and oxygen atoms in total. The van der Waals surface area contributed by atoms with Crippen molar-refractivity contribution < 1.29 is 14.3 Å². The van der Waals surface area contributed by atoms with Crippen LogP contribution in [0.4, 0.5) is 5.69 Å². The molecule has 0 aromatic heterocycles. The number of hydrogen-bond donors (Lipinski definition) is 2. The van der Waals surface area contributed by atoms with E-state index in [1.54, 1.807) is 0 Å². The van der Waals surface area contributed by atoms with Crippen molar-refractivity contribution in [3.63, 3.8) is 0 Å². The number of carbonyl (C=O) groups is 1. The molecule has 0 aliphatic carbocycles. The summed E-state index contributed by atoms with van der Waals surface area (Å²) < 4.78 is 11.2. The predicted octanol–water partition coefficient (Wildman–Crippen LogP) is 1.64. The van der Waals surface area contributed by atoms with Crippen LogP contribution < -0.4 is 20.1 Å². The number of hydrogen-bond acceptors (Lipinski definition) is 4. The van der Waals surface area contributed by atoms with Crippen LogP contribution in [0.5, 0.6) is 11.5 Å². The molecule has 2 heterocycles. The molecule has 3 rings (SSSR count). The molecular weight excluding hydrogens is 256 g/mol. The van der Waals surface area contributed by atoms with E-state index in [4.69, 9.17) is 9.47 Å². The second kappa shape index (κ2) is 5.71. The van der Waals surface area contributed by atoms with Crippen molar-refractivity contribution >= 4 is 11.6 Å². The molecule has 2 aliphatic rings. The lowest BCUT2D eigenvalue weighted by Crippen LogP contribution is -2.48. The molecule has 0 radical (unpaired) electrons. The highest BCUT2D eigenvalue weighted by Gasteiger charge is 2.28. The highest BCUT2D eigenvalue weighted by atomic mass is 16.5. The maximum absolute atomic E-state index is 12.2. The molecule has 0 spiro atoms. The number of rotatable bonds is 3. The SMILES string of the molecule is CC(C(=O)Nc1ccc2c(c1)OCCCO2)C1CNC1. The van der Waals surface area contributed by atoms with Crippen molar-refractivity contribution in [3.8, 4) is 11.5 Å². The second-order valence-electron chi connectivity index (χ2n) is 5.41. The number of amides is 1. The molecule has 2 N–H and O–H groups in total. The summed E-state index contributed by atoms with van der Waals surface area (Å²) in [5.41, 5.74) is 0.762. The molecular formula is C15H20N2O3. The number of benzene rings is 1. The molecule has 0 saturated carbocycles. The molecule has 2 aliphatic heterocycles. The Morgan fingerprint density at radius 2 is 2.05 bits per heavy atom. The van der Waals surface area contributed by atoms with Gasteiger partial charge in [0.15, 0.2) is 11.5 Å². The average molecular weight is 276 g/mol. The third-order valence-corrected chi connectivity index (χ3v) is 3.95. The van der Waals surface area contributed by atoms with Gasteiger partial charge in [-0.1, -0.05) is 6.92 Å². The van der Waals surface area contributed by atoms with Crippen molar-refractivity contribution in [1.29, 1.82) is 0 Å². The van der Waals surface area contributed by atoms with Gasteiger partial charge in [-0.3, -0.25) is 4.79 Å². The monoisotopic (exact) mass is 276 g/mol. The minimum atomic E-state index is 0.0206. The van der Waals surface area contributed by atoms with Crippen LogP contribution in [0.3, 0.4) is 0 Å². The first-order chi connectivity index (χ1) is 9.74. The Balaban J connectivity index is 1.68. The van der Waals surface area contributed by atoms with Crippen LogP contribution in [-0.2, 0) is 4.79 Å². The lowest BCUT2D eigenvalue weighted by molar-refractivity contribution is -0.121. The van der Waals surface area contributed by atoms with E-state index in [2.05, 4.69) is 10.6 Å². The summed E-state index contributed by atoms with van der Waals surface area (Å²) in [5.74, 6) is 1.98. The average Bonchev–Trinajstić information content (AvgIpc) is 2.61. The van der Waals surface area contributed by atoms with Crippen LogP contribution in [0.1, 0.15) is 13.3 Å². The van der Waals surface area contributed by atoms with Gasteiger partial charge in [-0.2, -0.15) is 0 Å². The maximum Gasteiger partial charge on any atom is 0.227 e. The molecule has 1 fully saturated rings. The van der Waals surface area contributed by atoms with Crippen molar-refractivity contribution in [2.75, 3.05) is 31.6 Å². The molecule has 1 unspecified atom stereocenters. The van der Waals surface area contributed by atoms with Crippen LogP contribution in [-0.4, -0.2) is 32.2 Å². The lowest BCUT2D eigenvalue weighted by Gasteiger charge is -2.31. The van der Waals surface area contributed by atoms with Gasteiger partial charge in [0.2, 0.25) is 5.91 Å². The van der Waals surface area contributed by atoms with E-state index < -0.39 is 0 Å². The fourth-order valence-electron chi connectivity index (χ4n) is 2.38. The van der Waals surface area contributed by atoms with Gasteiger partial charge in [-0.15, -0.1) is 0 Å². The van der Waals surface area contributed by atoms with E-state index in [-0.39, 0.29) is 11.8 Å². The number of nitrogens with one attached hydrogen (secondary N) is 2. The van der Waals surface area contributed by atoms with Crippen LogP contribution in [0.2, 0.25) is 0 Å². The zero-order valence-corrected chi connectivity index (χ0v) is 11.6. The Bertz CT molecular complexity index is 500. The number of ether oxygens (including phenoxy) is 2. The summed E-state index contributed by atoms with van der Waals surface area (Å²) in [6.45, 7) is 5.15. The molecule has 1 saturated heterocycles. The number of carbonyl (C=O) groups excluding carboxylic acids is 1. The summed E-state index contributed by atoms with van der Waals surface area (Å²) >= 11 is 0. The first-order valence-corrected chi connectivity index (χ1v) is 7.15. The van der Waals surface area contributed by atoms with Gasteiger partial charge >= 0.3 is 0 Å². The summed E-state index contributed by atoms with van der Waals surface area (Å²) in [6, 6.07) is 5.55. The highest BCUT2D eigenvalue weighted by molar-refractivity contribution is 5.93. The van der Waals surface area contributed by atoms with E-state index in [0.717, 1.165) is 30.9 Å². The first-order valence-electron chi connectivity index (χ1n) is 7.15. The minimum Gasteiger partial charge on any atom is -0.490 e. The summed E-state index contributed by atoms with van der Waals surface area (Å²) in [5, 5.41) is 6.15. The topological polar surface area (TPSA) is 59.6 Å². The van der Waals surface area contributed by atoms with Gasteiger partial charge < -0.3 is 20.1 Å². The van der Waals surface area contributed by atoms with Crippen molar-refractivity contribution in [2.45, 2.75) is 13.3 Å². The Kier molecular flexibility index (Phi) is 3.78. The van der Waals surface area contributed by atoms with Gasteiger partial charge in [0, 0.05) is 24.1 Å². The molecule has 108 valence electrons. The molecule has 1 aromatic carbocycles. The van der Waals surface area contributed by atoms with Gasteiger partial charge in [0.1, 0.15) is 0 Å². The molecule has 5 heteroatoms. The molecule has 1 aromatic rings. The molecule has 0 bridgehead atoms. The third kappa shape index (κ3) is 2.72. The second-order valence-corrected chi connectivity index (χ2v) is 5.41. The van der Waals surface area contributed by atoms with Crippen molar-refractivity contribution in [1.82, 2.24) is 5.32 Å². The van der Waals surface area contributed by atoms with Crippen molar-refractivity contribution in [3.05, 3.63) is 18.2 Å². The Labute approximate surface area is 118 Å². The van der Waals surface area contributed by atoms with Crippen LogP contribution in [0.25, 0.3) is 0 Å². The Morgan fingerprint density at radius 1 is 1.30 bits per heavy atom. The lowest BCUT2D eigenvalue weighted by atomic mass is 9.88. The van der Waals surface area contributed by atoms with Gasteiger partial charge in [0.25, 0.3) is 0 Å². The Hall–Kier alpha value is -1.75. The zero-order chi connectivity index (χ0) is 13.9. The van der Waals surface area contributed by atoms with Gasteiger partial charge in [0.05, 0.1) is 13.2 Å². The highest BCUT2D eigenvalue weighted by Crippen LogP contribution is 2.32. The fraction of sp³-hybridized carbons (Fsp3) is 0.533. The van der Waals surface area contributed by atoms with Gasteiger partial charge in [-0.25, -0.2) is 0 Å². The zero-order valence-electron chi connectivity index (χ0n) is 11.6. The molecule has 1 atom stereocenters. The maximum atomic E-state index is 12.2. The van der Waals surface area contributed by atoms with E-state index in [1.165, 1.54) is 0 Å². The molecule has 20 heavy (non-hydrogen) atoms. The van der Waals surface area contributed by atoms with Gasteiger partial charge in [-0.05, 0) is 31.1 Å². The first kappa shape index (κ1) is 13.2. The Morgan fingerprint density at radius 3 is 2.75 bits per heavy atom. The van der Waals surface area contributed by atoms with Crippen LogP contribution in [0.15, 0.2) is 18.2 Å². The standard InChI is InChI=1S/C15H20N2O3/c1-10(11-8-16-9-11)15(18)17-12-3-4-13-14(7-12)20-6-2-5-19-13/h3-4,7,10-11,16H,2,5-6,8-9H2,1H3,(H,17,18). The van der Waals surface area contributed by atoms with E-state index in [9.17, 15) is 4.79 Å².